The second-order valence-electron chi connectivity index (χ2n) is 7.51. The Labute approximate surface area is 181 Å². The minimum Gasteiger partial charge on any atom is -0.352 e. The van der Waals surface area contributed by atoms with Crippen molar-refractivity contribution >= 4 is 34.7 Å². The van der Waals surface area contributed by atoms with Crippen LogP contribution in [0.4, 0.5) is 5.82 Å². The van der Waals surface area contributed by atoms with Crippen molar-refractivity contribution in [2.45, 2.75) is 32.7 Å². The lowest BCUT2D eigenvalue weighted by Crippen LogP contribution is -2.46. The quantitative estimate of drug-likeness (QED) is 0.640. The van der Waals surface area contributed by atoms with Crippen LogP contribution >= 0.6 is 23.2 Å². The first kappa shape index (κ1) is 20.4. The van der Waals surface area contributed by atoms with Crippen LogP contribution in [0.5, 0.6) is 0 Å². The number of benzene rings is 1. The van der Waals surface area contributed by atoms with Gasteiger partial charge in [0.05, 0.1) is 21.3 Å². The fourth-order valence-electron chi connectivity index (χ4n) is 4.20. The molecule has 0 aliphatic carbocycles. The molecule has 0 bridgehead atoms. The fraction of sp³-hybridized carbons (Fsp3) is 0.429. The number of piperidine rings is 1. The van der Waals surface area contributed by atoms with Crippen molar-refractivity contribution in [3.63, 3.8) is 0 Å². The SMILES string of the molecule is Cc1cc(N(CCN)C2CCNCC2)n2nc(C)c(-c3c(Cl)cccc3Cl)c2n1. The number of nitrogens with two attached hydrogens (primary N) is 1. The summed E-state index contributed by atoms with van der Waals surface area (Å²) in [5.41, 5.74) is 10.2. The van der Waals surface area contributed by atoms with Crippen molar-refractivity contribution in [2.75, 3.05) is 31.1 Å². The number of fused-ring (bicyclic) bond motifs is 1. The molecule has 4 rings (SSSR count). The third kappa shape index (κ3) is 3.82. The van der Waals surface area contributed by atoms with Gasteiger partial charge in [0.2, 0.25) is 0 Å². The Morgan fingerprint density at radius 1 is 1.17 bits per heavy atom. The zero-order chi connectivity index (χ0) is 20.5. The largest absolute Gasteiger partial charge is 0.352 e. The first-order valence-electron chi connectivity index (χ1n) is 10.00. The number of anilines is 1. The van der Waals surface area contributed by atoms with Crippen molar-refractivity contribution in [1.82, 2.24) is 19.9 Å². The number of hydrogen-bond donors (Lipinski definition) is 2. The number of aryl methyl sites for hydroxylation is 2. The number of nitrogens with one attached hydrogen (secondary N) is 1. The Balaban J connectivity index is 1.93. The van der Waals surface area contributed by atoms with Gasteiger partial charge in [0.25, 0.3) is 0 Å². The molecule has 2 aromatic heterocycles. The zero-order valence-electron chi connectivity index (χ0n) is 16.8. The van der Waals surface area contributed by atoms with E-state index in [1.165, 1.54) is 0 Å². The molecule has 0 saturated carbocycles. The molecule has 3 heterocycles. The van der Waals surface area contributed by atoms with E-state index >= 15 is 0 Å². The average Bonchev–Trinajstić information content (AvgIpc) is 3.02. The molecule has 3 aromatic rings. The van der Waals surface area contributed by atoms with Gasteiger partial charge in [-0.25, -0.2) is 4.98 Å². The molecule has 0 radical (unpaired) electrons. The summed E-state index contributed by atoms with van der Waals surface area (Å²) in [4.78, 5) is 7.20. The number of rotatable bonds is 5. The maximum atomic E-state index is 6.52. The van der Waals surface area contributed by atoms with Gasteiger partial charge in [-0.1, -0.05) is 29.3 Å². The second kappa shape index (κ2) is 8.48. The molecule has 0 atom stereocenters. The molecule has 8 heteroatoms. The summed E-state index contributed by atoms with van der Waals surface area (Å²) >= 11 is 13.0. The van der Waals surface area contributed by atoms with Gasteiger partial charge in [-0.15, -0.1) is 0 Å². The standard InChI is InChI=1S/C21H26Cl2N6/c1-13-12-18(28(11-8-24)15-6-9-25-10-7-15)29-21(26-13)19(14(2)27-29)20-16(22)4-3-5-17(20)23/h3-5,12,15,25H,6-11,24H2,1-2H3. The van der Waals surface area contributed by atoms with E-state index in [9.17, 15) is 0 Å². The topological polar surface area (TPSA) is 71.5 Å². The normalized spacial score (nSPS) is 15.2. The van der Waals surface area contributed by atoms with E-state index in [4.69, 9.17) is 39.0 Å². The van der Waals surface area contributed by atoms with Gasteiger partial charge in [-0.05, 0) is 51.9 Å². The van der Waals surface area contributed by atoms with Gasteiger partial charge >= 0.3 is 0 Å². The summed E-state index contributed by atoms with van der Waals surface area (Å²) in [6.07, 6.45) is 2.15. The Morgan fingerprint density at radius 3 is 2.52 bits per heavy atom. The molecule has 1 saturated heterocycles. The molecule has 3 N–H and O–H groups in total. The van der Waals surface area contributed by atoms with Crippen molar-refractivity contribution in [2.24, 2.45) is 5.73 Å². The fourth-order valence-corrected chi connectivity index (χ4v) is 4.79. The number of hydrogen-bond acceptors (Lipinski definition) is 5. The van der Waals surface area contributed by atoms with E-state index in [0.717, 1.165) is 66.5 Å². The predicted molar refractivity (Wildman–Crippen MR) is 120 cm³/mol. The summed E-state index contributed by atoms with van der Waals surface area (Å²) in [7, 11) is 0. The average molecular weight is 433 g/mol. The van der Waals surface area contributed by atoms with E-state index in [1.807, 2.05) is 36.6 Å². The second-order valence-corrected chi connectivity index (χ2v) is 8.33. The van der Waals surface area contributed by atoms with Gasteiger partial charge in [-0.2, -0.15) is 9.61 Å². The first-order valence-corrected chi connectivity index (χ1v) is 10.8. The molecule has 1 aliphatic rings. The van der Waals surface area contributed by atoms with Crippen LogP contribution in [0.3, 0.4) is 0 Å². The van der Waals surface area contributed by atoms with Crippen molar-refractivity contribution in [1.29, 1.82) is 0 Å². The lowest BCUT2D eigenvalue weighted by Gasteiger charge is -2.36. The Morgan fingerprint density at radius 2 is 1.86 bits per heavy atom. The van der Waals surface area contributed by atoms with Crippen LogP contribution in [0.1, 0.15) is 24.2 Å². The molecule has 0 unspecified atom stereocenters. The molecule has 0 amide bonds. The number of aromatic nitrogens is 3. The van der Waals surface area contributed by atoms with Gasteiger partial charge in [0.1, 0.15) is 5.82 Å². The van der Waals surface area contributed by atoms with Crippen LogP contribution < -0.4 is 16.0 Å². The molecule has 6 nitrogen and oxygen atoms in total. The lowest BCUT2D eigenvalue weighted by atomic mass is 10.0. The smallest absolute Gasteiger partial charge is 0.165 e. The maximum absolute atomic E-state index is 6.52. The summed E-state index contributed by atoms with van der Waals surface area (Å²) in [6, 6.07) is 8.05. The summed E-state index contributed by atoms with van der Waals surface area (Å²) in [5, 5.41) is 9.48. The van der Waals surface area contributed by atoms with Crippen LogP contribution in [0.25, 0.3) is 16.8 Å². The maximum Gasteiger partial charge on any atom is 0.165 e. The molecule has 1 aromatic carbocycles. The van der Waals surface area contributed by atoms with E-state index in [2.05, 4.69) is 16.3 Å². The summed E-state index contributed by atoms with van der Waals surface area (Å²) < 4.78 is 1.93. The monoisotopic (exact) mass is 432 g/mol. The van der Waals surface area contributed by atoms with Crippen molar-refractivity contribution < 1.29 is 0 Å². The summed E-state index contributed by atoms with van der Waals surface area (Å²) in [6.45, 7) is 7.35. The number of halogens is 2. The van der Waals surface area contributed by atoms with E-state index in [0.29, 0.717) is 22.6 Å². The van der Waals surface area contributed by atoms with Crippen LogP contribution in [-0.2, 0) is 0 Å². The van der Waals surface area contributed by atoms with Gasteiger partial charge in [0, 0.05) is 36.5 Å². The first-order chi connectivity index (χ1) is 14.0. The molecular weight excluding hydrogens is 407 g/mol. The molecule has 29 heavy (non-hydrogen) atoms. The molecule has 154 valence electrons. The Bertz CT molecular complexity index is 1010. The highest BCUT2D eigenvalue weighted by molar-refractivity contribution is 6.39. The van der Waals surface area contributed by atoms with E-state index in [1.54, 1.807) is 0 Å². The summed E-state index contributed by atoms with van der Waals surface area (Å²) in [5.74, 6) is 1.02. The van der Waals surface area contributed by atoms with Crippen LogP contribution in [-0.4, -0.2) is 46.8 Å². The highest BCUT2D eigenvalue weighted by Gasteiger charge is 2.26. The minimum absolute atomic E-state index is 0.418. The highest BCUT2D eigenvalue weighted by atomic mass is 35.5. The minimum atomic E-state index is 0.418. The van der Waals surface area contributed by atoms with Crippen molar-refractivity contribution in [3.05, 3.63) is 45.7 Å². The van der Waals surface area contributed by atoms with Crippen LogP contribution in [0, 0.1) is 13.8 Å². The Hall–Kier alpha value is -1.86. The third-order valence-corrected chi connectivity index (χ3v) is 6.13. The van der Waals surface area contributed by atoms with Gasteiger partial charge in [0.15, 0.2) is 5.65 Å². The van der Waals surface area contributed by atoms with E-state index in [-0.39, 0.29) is 0 Å². The number of nitrogens with zero attached hydrogens (tertiary/aromatic N) is 4. The molecule has 1 aliphatic heterocycles. The molecule has 1 fully saturated rings. The predicted octanol–water partition coefficient (Wildman–Crippen LogP) is 3.84. The van der Waals surface area contributed by atoms with Gasteiger partial charge in [-0.3, -0.25) is 0 Å². The van der Waals surface area contributed by atoms with E-state index < -0.39 is 0 Å². The van der Waals surface area contributed by atoms with Crippen molar-refractivity contribution in [3.8, 4) is 11.1 Å². The lowest BCUT2D eigenvalue weighted by molar-refractivity contribution is 0.427. The van der Waals surface area contributed by atoms with Gasteiger partial charge < -0.3 is 16.0 Å². The highest BCUT2D eigenvalue weighted by Crippen LogP contribution is 2.39. The van der Waals surface area contributed by atoms with Crippen LogP contribution in [0.2, 0.25) is 10.0 Å². The molecular formula is C21H26Cl2N6. The van der Waals surface area contributed by atoms with Crippen LogP contribution in [0.15, 0.2) is 24.3 Å². The zero-order valence-corrected chi connectivity index (χ0v) is 18.3. The Kier molecular flexibility index (Phi) is 5.97. The molecule has 0 spiro atoms. The third-order valence-electron chi connectivity index (χ3n) is 5.50.